The van der Waals surface area contributed by atoms with Crippen molar-refractivity contribution in [3.63, 3.8) is 0 Å². The van der Waals surface area contributed by atoms with Gasteiger partial charge in [-0.2, -0.15) is 13.2 Å². The number of amides is 1. The smallest absolute Gasteiger partial charge is 0.417 e. The van der Waals surface area contributed by atoms with Crippen LogP contribution in [0.15, 0.2) is 18.5 Å². The summed E-state index contributed by atoms with van der Waals surface area (Å²) in [5, 5.41) is 2.50. The van der Waals surface area contributed by atoms with Crippen molar-refractivity contribution < 1.29 is 22.7 Å². The largest absolute Gasteiger partial charge is 0.444 e. The van der Waals surface area contributed by atoms with Crippen LogP contribution in [0.5, 0.6) is 0 Å². The standard InChI is InChI=1S/C15H17F3N2O2/c1-14(2,3)22-13(21)20-7-5-4-6-11-8-12(10-19-9-11)15(16,17)18/h8-10H,5,7H2,1-3H3,(H,20,21). The molecule has 1 rings (SSSR count). The van der Waals surface area contributed by atoms with E-state index in [4.69, 9.17) is 4.74 Å². The highest BCUT2D eigenvalue weighted by atomic mass is 19.4. The Morgan fingerprint density at radius 2 is 2.00 bits per heavy atom. The Morgan fingerprint density at radius 1 is 1.32 bits per heavy atom. The lowest BCUT2D eigenvalue weighted by molar-refractivity contribution is -0.137. The minimum atomic E-state index is -4.44. The average molecular weight is 314 g/mol. The average Bonchev–Trinajstić information content (AvgIpc) is 2.35. The Bertz CT molecular complexity index is 581. The first kappa shape index (κ1) is 17.8. The summed E-state index contributed by atoms with van der Waals surface area (Å²) in [7, 11) is 0. The Balaban J connectivity index is 2.47. The zero-order valence-electron chi connectivity index (χ0n) is 12.5. The van der Waals surface area contributed by atoms with Gasteiger partial charge < -0.3 is 10.1 Å². The summed E-state index contributed by atoms with van der Waals surface area (Å²) in [4.78, 5) is 14.8. The highest BCUT2D eigenvalue weighted by molar-refractivity contribution is 5.67. The first-order chi connectivity index (χ1) is 10.1. The molecule has 0 spiro atoms. The van der Waals surface area contributed by atoms with E-state index in [2.05, 4.69) is 22.1 Å². The molecule has 0 aromatic carbocycles. The molecule has 0 fully saturated rings. The number of halogens is 3. The van der Waals surface area contributed by atoms with Crippen molar-refractivity contribution in [2.45, 2.75) is 39.0 Å². The molecule has 1 heterocycles. The molecule has 0 aliphatic rings. The predicted octanol–water partition coefficient (Wildman–Crippen LogP) is 3.37. The van der Waals surface area contributed by atoms with E-state index >= 15 is 0 Å². The van der Waals surface area contributed by atoms with Crippen LogP contribution in [0.4, 0.5) is 18.0 Å². The van der Waals surface area contributed by atoms with E-state index < -0.39 is 23.4 Å². The molecule has 1 aromatic rings. The molecule has 0 atom stereocenters. The van der Waals surface area contributed by atoms with Crippen LogP contribution in [0.1, 0.15) is 38.3 Å². The number of rotatable bonds is 2. The van der Waals surface area contributed by atoms with Gasteiger partial charge in [-0.15, -0.1) is 0 Å². The molecule has 1 aromatic heterocycles. The molecule has 0 saturated heterocycles. The second-order valence-electron chi connectivity index (χ2n) is 5.44. The first-order valence-corrected chi connectivity index (χ1v) is 6.56. The minimum absolute atomic E-state index is 0.173. The van der Waals surface area contributed by atoms with Crippen LogP contribution in [-0.2, 0) is 10.9 Å². The van der Waals surface area contributed by atoms with E-state index in [1.54, 1.807) is 20.8 Å². The van der Waals surface area contributed by atoms with Crippen molar-refractivity contribution in [3.05, 3.63) is 29.6 Å². The van der Waals surface area contributed by atoms with Crippen molar-refractivity contribution in [2.24, 2.45) is 0 Å². The number of nitrogens with zero attached hydrogens (tertiary/aromatic N) is 1. The maximum absolute atomic E-state index is 12.5. The van der Waals surface area contributed by atoms with Gasteiger partial charge in [0.05, 0.1) is 5.56 Å². The summed E-state index contributed by atoms with van der Waals surface area (Å²) in [6.07, 6.45) is -2.72. The van der Waals surface area contributed by atoms with Gasteiger partial charge in [0.2, 0.25) is 0 Å². The number of pyridine rings is 1. The number of carbonyl (C=O) groups is 1. The maximum atomic E-state index is 12.5. The molecular weight excluding hydrogens is 297 g/mol. The van der Waals surface area contributed by atoms with Gasteiger partial charge in [0.15, 0.2) is 0 Å². The number of hydrogen-bond acceptors (Lipinski definition) is 3. The normalized spacial score (nSPS) is 11.4. The molecule has 0 saturated carbocycles. The Morgan fingerprint density at radius 3 is 2.59 bits per heavy atom. The lowest BCUT2D eigenvalue weighted by Gasteiger charge is -2.19. The molecule has 0 radical (unpaired) electrons. The summed E-state index contributed by atoms with van der Waals surface area (Å²) < 4.78 is 42.5. The monoisotopic (exact) mass is 314 g/mol. The Kier molecular flexibility index (Phi) is 5.80. The van der Waals surface area contributed by atoms with Gasteiger partial charge >= 0.3 is 12.3 Å². The van der Waals surface area contributed by atoms with Gasteiger partial charge in [-0.3, -0.25) is 4.98 Å². The molecule has 1 N–H and O–H groups in total. The highest BCUT2D eigenvalue weighted by Gasteiger charge is 2.30. The van der Waals surface area contributed by atoms with Crippen LogP contribution in [0, 0.1) is 11.8 Å². The minimum Gasteiger partial charge on any atom is -0.444 e. The van der Waals surface area contributed by atoms with Gasteiger partial charge in [-0.05, 0) is 26.8 Å². The number of ether oxygens (including phenoxy) is 1. The number of alkyl carbamates (subject to hydrolysis) is 1. The topological polar surface area (TPSA) is 51.2 Å². The number of aromatic nitrogens is 1. The van der Waals surface area contributed by atoms with E-state index in [-0.39, 0.29) is 18.5 Å². The molecule has 120 valence electrons. The summed E-state index contributed by atoms with van der Waals surface area (Å²) in [6.45, 7) is 5.47. The second-order valence-corrected chi connectivity index (χ2v) is 5.44. The fraction of sp³-hybridized carbons (Fsp3) is 0.467. The number of nitrogens with one attached hydrogen (secondary N) is 1. The van der Waals surface area contributed by atoms with Crippen LogP contribution in [0.2, 0.25) is 0 Å². The summed E-state index contributed by atoms with van der Waals surface area (Å²) in [5.74, 6) is 5.25. The fourth-order valence-electron chi connectivity index (χ4n) is 1.37. The Labute approximate surface area is 127 Å². The molecule has 4 nitrogen and oxygen atoms in total. The van der Waals surface area contributed by atoms with Crippen LogP contribution in [0.25, 0.3) is 0 Å². The third-order valence-electron chi connectivity index (χ3n) is 2.22. The summed E-state index contributed by atoms with van der Waals surface area (Å²) in [6, 6.07) is 0.932. The number of hydrogen-bond donors (Lipinski definition) is 1. The van der Waals surface area contributed by atoms with Gasteiger partial charge in [0.25, 0.3) is 0 Å². The van der Waals surface area contributed by atoms with E-state index in [1.165, 1.54) is 6.20 Å². The lowest BCUT2D eigenvalue weighted by Crippen LogP contribution is -2.32. The van der Waals surface area contributed by atoms with E-state index in [1.807, 2.05) is 0 Å². The second kappa shape index (κ2) is 7.16. The maximum Gasteiger partial charge on any atom is 0.417 e. The van der Waals surface area contributed by atoms with Crippen LogP contribution in [-0.4, -0.2) is 23.2 Å². The highest BCUT2D eigenvalue weighted by Crippen LogP contribution is 2.28. The fourth-order valence-corrected chi connectivity index (χ4v) is 1.37. The van der Waals surface area contributed by atoms with Crippen molar-refractivity contribution in [1.82, 2.24) is 10.3 Å². The first-order valence-electron chi connectivity index (χ1n) is 6.56. The van der Waals surface area contributed by atoms with Gasteiger partial charge in [-0.25, -0.2) is 4.79 Å². The van der Waals surface area contributed by atoms with Crippen LogP contribution < -0.4 is 5.32 Å². The number of carbonyl (C=O) groups excluding carboxylic acids is 1. The van der Waals surface area contributed by atoms with Gasteiger partial charge in [0.1, 0.15) is 5.60 Å². The molecule has 7 heteroatoms. The zero-order chi connectivity index (χ0) is 16.8. The molecule has 0 aliphatic carbocycles. The van der Waals surface area contributed by atoms with Gasteiger partial charge in [-0.1, -0.05) is 11.8 Å². The number of alkyl halides is 3. The summed E-state index contributed by atoms with van der Waals surface area (Å²) >= 11 is 0. The van der Waals surface area contributed by atoms with E-state index in [9.17, 15) is 18.0 Å². The molecule has 0 aliphatic heterocycles. The third kappa shape index (κ3) is 6.97. The van der Waals surface area contributed by atoms with Crippen molar-refractivity contribution >= 4 is 6.09 Å². The summed E-state index contributed by atoms with van der Waals surface area (Å²) in [5.41, 5.74) is -1.25. The Hall–Kier alpha value is -2.23. The van der Waals surface area contributed by atoms with E-state index in [0.29, 0.717) is 0 Å². The van der Waals surface area contributed by atoms with Crippen molar-refractivity contribution in [3.8, 4) is 11.8 Å². The lowest BCUT2D eigenvalue weighted by atomic mass is 10.2. The quantitative estimate of drug-likeness (QED) is 0.672. The van der Waals surface area contributed by atoms with Gasteiger partial charge in [0, 0.05) is 30.9 Å². The van der Waals surface area contributed by atoms with Crippen molar-refractivity contribution in [1.29, 1.82) is 0 Å². The SMILES string of the molecule is CC(C)(C)OC(=O)NCCC#Cc1cncc(C(F)(F)F)c1. The predicted molar refractivity (Wildman–Crippen MR) is 75.0 cm³/mol. The molecular formula is C15H17F3N2O2. The zero-order valence-corrected chi connectivity index (χ0v) is 12.5. The van der Waals surface area contributed by atoms with Crippen LogP contribution in [0.3, 0.4) is 0 Å². The third-order valence-corrected chi connectivity index (χ3v) is 2.22. The molecule has 0 bridgehead atoms. The molecule has 1 amide bonds. The molecule has 0 unspecified atom stereocenters. The van der Waals surface area contributed by atoms with E-state index in [0.717, 1.165) is 12.3 Å². The van der Waals surface area contributed by atoms with Crippen molar-refractivity contribution in [2.75, 3.05) is 6.54 Å². The van der Waals surface area contributed by atoms with Crippen LogP contribution >= 0.6 is 0 Å². The molecule has 22 heavy (non-hydrogen) atoms.